The van der Waals surface area contributed by atoms with Gasteiger partial charge in [-0.25, -0.2) is 0 Å². The molecule has 0 bridgehead atoms. The van der Waals surface area contributed by atoms with Gasteiger partial charge in [-0.2, -0.15) is 0 Å². The molecule has 0 radical (unpaired) electrons. The minimum atomic E-state index is -2.85. The Balaban J connectivity index is 4.21. The molecule has 4 heteroatoms. The molecule has 0 aliphatic heterocycles. The summed E-state index contributed by atoms with van der Waals surface area (Å²) >= 11 is -2.85. The van der Waals surface area contributed by atoms with E-state index in [9.17, 15) is 0 Å². The van der Waals surface area contributed by atoms with E-state index < -0.39 is 14.3 Å². The Kier molecular flexibility index (Phi) is 8.97. The molecule has 3 nitrogen and oxygen atoms in total. The fourth-order valence-electron chi connectivity index (χ4n) is 1.39. The number of rotatable bonds is 9. The molecule has 0 spiro atoms. The molecular weight excluding hydrogens is 241 g/mol. The van der Waals surface area contributed by atoms with Gasteiger partial charge < -0.3 is 0 Å². The zero-order chi connectivity index (χ0) is 10.9. The van der Waals surface area contributed by atoms with Crippen molar-refractivity contribution in [2.24, 2.45) is 0 Å². The average Bonchev–Trinajstić information content (AvgIpc) is 2.16. The van der Waals surface area contributed by atoms with E-state index in [1.807, 2.05) is 20.8 Å². The Morgan fingerprint density at radius 3 is 1.50 bits per heavy atom. The predicted octanol–water partition coefficient (Wildman–Crippen LogP) is 2.83. The van der Waals surface area contributed by atoms with Crippen molar-refractivity contribution in [2.45, 2.75) is 45.8 Å². The number of unbranched alkanes of at least 4 members (excludes halogenated alkanes) is 1. The van der Waals surface area contributed by atoms with Gasteiger partial charge in [0.15, 0.2) is 0 Å². The standard InChI is InChI=1S/C10H24GeO3/c1-5-9-10-11(12-6-2,13-7-3)14-8-4/h5-10H2,1-4H3. The summed E-state index contributed by atoms with van der Waals surface area (Å²) in [6, 6.07) is 0. The SMILES string of the molecule is CCC[CH2][Ge]([O]CC)([O]CC)[O]CC. The first-order valence-electron chi connectivity index (χ1n) is 5.66. The van der Waals surface area contributed by atoms with Gasteiger partial charge in [-0.3, -0.25) is 0 Å². The molecule has 0 aliphatic carbocycles. The van der Waals surface area contributed by atoms with E-state index in [1.54, 1.807) is 0 Å². The van der Waals surface area contributed by atoms with E-state index in [1.165, 1.54) is 6.42 Å². The summed E-state index contributed by atoms with van der Waals surface area (Å²) < 4.78 is 17.3. The van der Waals surface area contributed by atoms with Gasteiger partial charge >= 0.3 is 91.2 Å². The van der Waals surface area contributed by atoms with Gasteiger partial charge in [0.25, 0.3) is 0 Å². The van der Waals surface area contributed by atoms with E-state index in [-0.39, 0.29) is 0 Å². The topological polar surface area (TPSA) is 27.7 Å². The van der Waals surface area contributed by atoms with Crippen molar-refractivity contribution < 1.29 is 11.3 Å². The van der Waals surface area contributed by atoms with Crippen LogP contribution in [0, 0.1) is 0 Å². The van der Waals surface area contributed by atoms with Crippen molar-refractivity contribution in [3.05, 3.63) is 0 Å². The van der Waals surface area contributed by atoms with Crippen molar-refractivity contribution in [1.82, 2.24) is 0 Å². The van der Waals surface area contributed by atoms with Crippen LogP contribution in [0.1, 0.15) is 40.5 Å². The molecular formula is C10H24GeO3. The molecule has 0 unspecified atom stereocenters. The molecule has 0 rings (SSSR count). The van der Waals surface area contributed by atoms with Gasteiger partial charge in [-0.1, -0.05) is 0 Å². The van der Waals surface area contributed by atoms with E-state index in [0.29, 0.717) is 19.8 Å². The molecule has 0 heterocycles. The second-order valence-electron chi connectivity index (χ2n) is 3.09. The summed E-state index contributed by atoms with van der Waals surface area (Å²) in [4.78, 5) is 0. The molecule has 0 saturated heterocycles. The van der Waals surface area contributed by atoms with E-state index in [2.05, 4.69) is 6.92 Å². The first-order chi connectivity index (χ1) is 6.74. The monoisotopic (exact) mass is 266 g/mol. The molecule has 0 atom stereocenters. The van der Waals surface area contributed by atoms with Crippen LogP contribution < -0.4 is 0 Å². The predicted molar refractivity (Wildman–Crippen MR) is 60.3 cm³/mol. The quantitative estimate of drug-likeness (QED) is 0.600. The maximum atomic E-state index is 5.76. The van der Waals surface area contributed by atoms with Gasteiger partial charge in [0, 0.05) is 0 Å². The summed E-state index contributed by atoms with van der Waals surface area (Å²) in [5.41, 5.74) is 0. The number of hydrogen-bond donors (Lipinski definition) is 0. The molecule has 0 aliphatic rings. The van der Waals surface area contributed by atoms with Gasteiger partial charge in [0.2, 0.25) is 0 Å². The van der Waals surface area contributed by atoms with Crippen LogP contribution in [0.15, 0.2) is 0 Å². The normalized spacial score (nSPS) is 12.0. The van der Waals surface area contributed by atoms with Gasteiger partial charge in [0.1, 0.15) is 0 Å². The summed E-state index contributed by atoms with van der Waals surface area (Å²) in [5.74, 6) is 0. The molecule has 0 aromatic heterocycles. The first-order valence-corrected chi connectivity index (χ1v) is 9.71. The Hall–Kier alpha value is 0.423. The molecule has 0 fully saturated rings. The van der Waals surface area contributed by atoms with Crippen molar-refractivity contribution in [3.63, 3.8) is 0 Å². The Bertz CT molecular complexity index is 114. The second kappa shape index (κ2) is 8.71. The van der Waals surface area contributed by atoms with Gasteiger partial charge in [-0.05, 0) is 0 Å². The van der Waals surface area contributed by atoms with Crippen molar-refractivity contribution in [1.29, 1.82) is 0 Å². The second-order valence-corrected chi connectivity index (χ2v) is 8.82. The van der Waals surface area contributed by atoms with E-state index >= 15 is 0 Å². The van der Waals surface area contributed by atoms with Crippen molar-refractivity contribution in [3.8, 4) is 0 Å². The third-order valence-electron chi connectivity index (χ3n) is 1.93. The van der Waals surface area contributed by atoms with E-state index in [0.717, 1.165) is 11.7 Å². The molecule has 86 valence electrons. The Morgan fingerprint density at radius 2 is 1.21 bits per heavy atom. The van der Waals surface area contributed by atoms with Crippen LogP contribution in [0.25, 0.3) is 0 Å². The Labute approximate surface area is 91.5 Å². The summed E-state index contributed by atoms with van der Waals surface area (Å²) in [6.07, 6.45) is 2.31. The fraction of sp³-hybridized carbons (Fsp3) is 1.00. The molecule has 14 heavy (non-hydrogen) atoms. The third kappa shape index (κ3) is 5.34. The van der Waals surface area contributed by atoms with Crippen LogP contribution in [-0.4, -0.2) is 34.1 Å². The van der Waals surface area contributed by atoms with Crippen LogP contribution in [0.4, 0.5) is 0 Å². The van der Waals surface area contributed by atoms with E-state index in [4.69, 9.17) is 11.3 Å². The number of hydrogen-bond acceptors (Lipinski definition) is 3. The maximum absolute atomic E-state index is 5.76. The molecule has 0 N–H and O–H groups in total. The summed E-state index contributed by atoms with van der Waals surface area (Å²) in [5, 5.41) is 0.992. The van der Waals surface area contributed by atoms with Crippen LogP contribution in [0.5, 0.6) is 0 Å². The minimum absolute atomic E-state index is 0.698. The van der Waals surface area contributed by atoms with Crippen LogP contribution >= 0.6 is 0 Å². The molecule has 0 aromatic carbocycles. The third-order valence-corrected chi connectivity index (χ3v) is 8.54. The average molecular weight is 265 g/mol. The van der Waals surface area contributed by atoms with Gasteiger partial charge in [-0.15, -0.1) is 0 Å². The fourth-order valence-corrected chi connectivity index (χ4v) is 7.25. The van der Waals surface area contributed by atoms with Crippen molar-refractivity contribution in [2.75, 3.05) is 19.8 Å². The zero-order valence-electron chi connectivity index (χ0n) is 9.97. The van der Waals surface area contributed by atoms with Crippen molar-refractivity contribution >= 4 is 14.3 Å². The Morgan fingerprint density at radius 1 is 0.786 bits per heavy atom. The van der Waals surface area contributed by atoms with Crippen LogP contribution in [0.2, 0.25) is 5.25 Å². The molecule has 0 saturated carbocycles. The summed E-state index contributed by atoms with van der Waals surface area (Å²) in [7, 11) is 0. The van der Waals surface area contributed by atoms with Crippen LogP contribution in [0.3, 0.4) is 0 Å². The summed E-state index contributed by atoms with van der Waals surface area (Å²) in [6.45, 7) is 10.3. The van der Waals surface area contributed by atoms with Crippen LogP contribution in [-0.2, 0) is 11.3 Å². The first kappa shape index (κ1) is 14.4. The molecule has 0 amide bonds. The zero-order valence-corrected chi connectivity index (χ0v) is 12.1. The molecule has 0 aromatic rings. The van der Waals surface area contributed by atoms with Gasteiger partial charge in [0.05, 0.1) is 0 Å².